The van der Waals surface area contributed by atoms with E-state index in [4.69, 9.17) is 10.1 Å². The van der Waals surface area contributed by atoms with Gasteiger partial charge in [0.1, 0.15) is 11.6 Å². The molecule has 0 spiro atoms. The molecule has 3 nitrogen and oxygen atoms in total. The average molecular weight is 252 g/mol. The Morgan fingerprint density at radius 2 is 2.00 bits per heavy atom. The Morgan fingerprint density at radius 3 is 2.79 bits per heavy atom. The summed E-state index contributed by atoms with van der Waals surface area (Å²) in [5.74, 6) is 1.47. The Balaban J connectivity index is 1.81. The number of nitrogens with one attached hydrogen (secondary N) is 1. The minimum absolute atomic E-state index is 0.610. The van der Waals surface area contributed by atoms with Crippen molar-refractivity contribution in [1.82, 2.24) is 4.90 Å². The molecule has 0 atom stereocenters. The summed E-state index contributed by atoms with van der Waals surface area (Å²) in [6.07, 6.45) is 0. The van der Waals surface area contributed by atoms with Gasteiger partial charge in [-0.15, -0.1) is 0 Å². The van der Waals surface area contributed by atoms with Gasteiger partial charge in [0, 0.05) is 18.7 Å². The predicted octanol–water partition coefficient (Wildman–Crippen LogP) is 3.04. The maximum Gasteiger partial charge on any atom is 0.129 e. The number of benzene rings is 2. The number of fused-ring (bicyclic) bond motifs is 1. The number of methoxy groups -OCH3 is 1. The molecule has 0 saturated carbocycles. The third-order valence-corrected chi connectivity index (χ3v) is 3.46. The van der Waals surface area contributed by atoms with Gasteiger partial charge in [-0.05, 0) is 23.3 Å². The second-order valence-corrected chi connectivity index (χ2v) is 4.71. The molecule has 0 amide bonds. The second kappa shape index (κ2) is 4.76. The molecule has 3 rings (SSSR count). The molecule has 2 aromatic rings. The van der Waals surface area contributed by atoms with Crippen molar-refractivity contribution in [3.63, 3.8) is 0 Å². The Morgan fingerprint density at radius 1 is 1.16 bits per heavy atom. The Kier molecular flexibility index (Phi) is 2.95. The molecule has 0 saturated heterocycles. The third-order valence-electron chi connectivity index (χ3n) is 3.46. The minimum atomic E-state index is 0.610. The van der Waals surface area contributed by atoms with Crippen LogP contribution in [0.25, 0.3) is 0 Å². The molecule has 0 aromatic heterocycles. The fraction of sp³-hybridized carbons (Fsp3) is 0.188. The highest BCUT2D eigenvalue weighted by molar-refractivity contribution is 6.00. The van der Waals surface area contributed by atoms with Gasteiger partial charge in [-0.25, -0.2) is 0 Å². The van der Waals surface area contributed by atoms with Crippen molar-refractivity contribution in [3.8, 4) is 5.75 Å². The number of nitrogens with zero attached hydrogens (tertiary/aromatic N) is 1. The molecule has 2 aromatic carbocycles. The molecule has 1 aliphatic heterocycles. The van der Waals surface area contributed by atoms with Crippen molar-refractivity contribution in [1.29, 1.82) is 5.41 Å². The summed E-state index contributed by atoms with van der Waals surface area (Å²) in [7, 11) is 1.67. The Bertz CT molecular complexity index is 622. The highest BCUT2D eigenvalue weighted by Crippen LogP contribution is 2.24. The Labute approximate surface area is 113 Å². The van der Waals surface area contributed by atoms with E-state index in [1.807, 2.05) is 36.4 Å². The van der Waals surface area contributed by atoms with E-state index in [0.717, 1.165) is 30.0 Å². The molecule has 1 heterocycles. The fourth-order valence-electron chi connectivity index (χ4n) is 2.47. The molecular formula is C16H16N2O. The monoisotopic (exact) mass is 252 g/mol. The quantitative estimate of drug-likeness (QED) is 0.911. The van der Waals surface area contributed by atoms with Crippen LogP contribution in [0.5, 0.6) is 5.75 Å². The van der Waals surface area contributed by atoms with Crippen LogP contribution in [0.3, 0.4) is 0 Å². The standard InChI is InChI=1S/C16H16N2O/c1-19-14-7-4-5-12(9-14)10-18-11-13-6-2-3-8-15(13)16(18)17/h2-9,17H,10-11H2,1H3. The lowest BCUT2D eigenvalue weighted by Gasteiger charge is -2.18. The maximum atomic E-state index is 8.23. The number of hydrogen-bond acceptors (Lipinski definition) is 2. The van der Waals surface area contributed by atoms with Crippen molar-refractivity contribution in [2.45, 2.75) is 13.1 Å². The molecule has 0 radical (unpaired) electrons. The molecule has 1 N–H and O–H groups in total. The van der Waals surface area contributed by atoms with Crippen LogP contribution in [0.4, 0.5) is 0 Å². The van der Waals surface area contributed by atoms with Crippen LogP contribution in [0.2, 0.25) is 0 Å². The van der Waals surface area contributed by atoms with Crippen molar-refractivity contribution in [3.05, 3.63) is 65.2 Å². The van der Waals surface area contributed by atoms with Crippen LogP contribution < -0.4 is 4.74 Å². The van der Waals surface area contributed by atoms with Crippen LogP contribution in [-0.4, -0.2) is 17.8 Å². The van der Waals surface area contributed by atoms with Gasteiger partial charge in [-0.2, -0.15) is 0 Å². The highest BCUT2D eigenvalue weighted by Gasteiger charge is 2.23. The van der Waals surface area contributed by atoms with Gasteiger partial charge >= 0.3 is 0 Å². The number of rotatable bonds is 3. The first-order chi connectivity index (χ1) is 9.28. The number of ether oxygens (including phenoxy) is 1. The van der Waals surface area contributed by atoms with E-state index in [2.05, 4.69) is 17.0 Å². The third kappa shape index (κ3) is 2.19. The summed E-state index contributed by atoms with van der Waals surface area (Å²) in [5, 5.41) is 8.23. The van der Waals surface area contributed by atoms with Gasteiger partial charge in [-0.1, -0.05) is 36.4 Å². The summed E-state index contributed by atoms with van der Waals surface area (Å²) < 4.78 is 5.24. The maximum absolute atomic E-state index is 8.23. The van der Waals surface area contributed by atoms with Crippen molar-refractivity contribution in [2.75, 3.05) is 7.11 Å². The summed E-state index contributed by atoms with van der Waals surface area (Å²) in [4.78, 5) is 2.08. The van der Waals surface area contributed by atoms with E-state index in [9.17, 15) is 0 Å². The zero-order valence-electron chi connectivity index (χ0n) is 10.9. The molecule has 1 aliphatic rings. The van der Waals surface area contributed by atoms with Gasteiger partial charge in [0.25, 0.3) is 0 Å². The van der Waals surface area contributed by atoms with Gasteiger partial charge < -0.3 is 9.64 Å². The van der Waals surface area contributed by atoms with Crippen LogP contribution in [0, 0.1) is 5.41 Å². The lowest BCUT2D eigenvalue weighted by molar-refractivity contribution is 0.406. The van der Waals surface area contributed by atoms with E-state index in [-0.39, 0.29) is 0 Å². The summed E-state index contributed by atoms with van der Waals surface area (Å²) >= 11 is 0. The number of hydrogen-bond donors (Lipinski definition) is 1. The minimum Gasteiger partial charge on any atom is -0.497 e. The lowest BCUT2D eigenvalue weighted by Crippen LogP contribution is -2.23. The summed E-state index contributed by atoms with van der Waals surface area (Å²) in [6.45, 7) is 1.55. The van der Waals surface area contributed by atoms with Crippen molar-refractivity contribution in [2.24, 2.45) is 0 Å². The molecule has 0 aliphatic carbocycles. The summed E-state index contributed by atoms with van der Waals surface area (Å²) in [5.41, 5.74) is 3.44. The summed E-state index contributed by atoms with van der Waals surface area (Å²) in [6, 6.07) is 16.1. The van der Waals surface area contributed by atoms with Crippen LogP contribution in [0.1, 0.15) is 16.7 Å². The fourth-order valence-corrected chi connectivity index (χ4v) is 2.47. The van der Waals surface area contributed by atoms with E-state index in [1.54, 1.807) is 7.11 Å². The van der Waals surface area contributed by atoms with Gasteiger partial charge in [0.05, 0.1) is 7.11 Å². The molecule has 0 unspecified atom stereocenters. The molecular weight excluding hydrogens is 236 g/mol. The van der Waals surface area contributed by atoms with Crippen molar-refractivity contribution < 1.29 is 4.74 Å². The lowest BCUT2D eigenvalue weighted by atomic mass is 10.1. The SMILES string of the molecule is COc1cccc(CN2Cc3ccccc3C2=N)c1. The van der Waals surface area contributed by atoms with Crippen LogP contribution in [0.15, 0.2) is 48.5 Å². The smallest absolute Gasteiger partial charge is 0.129 e. The van der Waals surface area contributed by atoms with Crippen LogP contribution >= 0.6 is 0 Å². The van der Waals surface area contributed by atoms with E-state index >= 15 is 0 Å². The second-order valence-electron chi connectivity index (χ2n) is 4.71. The highest BCUT2D eigenvalue weighted by atomic mass is 16.5. The topological polar surface area (TPSA) is 36.3 Å². The molecule has 3 heteroatoms. The molecule has 96 valence electrons. The zero-order valence-corrected chi connectivity index (χ0v) is 10.9. The predicted molar refractivity (Wildman–Crippen MR) is 75.5 cm³/mol. The zero-order chi connectivity index (χ0) is 13.2. The molecule has 19 heavy (non-hydrogen) atoms. The first kappa shape index (κ1) is 11.8. The van der Waals surface area contributed by atoms with Gasteiger partial charge in [-0.3, -0.25) is 5.41 Å². The van der Waals surface area contributed by atoms with Crippen molar-refractivity contribution >= 4 is 5.84 Å². The van der Waals surface area contributed by atoms with E-state index < -0.39 is 0 Å². The normalized spacial score (nSPS) is 13.5. The largest absolute Gasteiger partial charge is 0.497 e. The van der Waals surface area contributed by atoms with Crippen LogP contribution in [-0.2, 0) is 13.1 Å². The Hall–Kier alpha value is -2.29. The first-order valence-corrected chi connectivity index (χ1v) is 6.32. The van der Waals surface area contributed by atoms with Gasteiger partial charge in [0.15, 0.2) is 0 Å². The van der Waals surface area contributed by atoms with Gasteiger partial charge in [0.2, 0.25) is 0 Å². The molecule has 0 bridgehead atoms. The molecule has 0 fully saturated rings. The van der Waals surface area contributed by atoms with E-state index in [0.29, 0.717) is 5.84 Å². The first-order valence-electron chi connectivity index (χ1n) is 6.32. The average Bonchev–Trinajstić information content (AvgIpc) is 2.76. The number of amidine groups is 1. The van der Waals surface area contributed by atoms with E-state index in [1.165, 1.54) is 5.56 Å².